The van der Waals surface area contributed by atoms with Crippen LogP contribution < -0.4 is 15.4 Å². The van der Waals surface area contributed by atoms with Crippen LogP contribution in [-0.2, 0) is 0 Å². The van der Waals surface area contributed by atoms with Crippen molar-refractivity contribution in [1.82, 2.24) is 0 Å². The Balaban J connectivity index is 1.98. The quantitative estimate of drug-likeness (QED) is 0.794. The van der Waals surface area contributed by atoms with E-state index in [1.165, 1.54) is 0 Å². The van der Waals surface area contributed by atoms with Crippen molar-refractivity contribution >= 4 is 17.3 Å². The molecule has 4 heteroatoms. The molecule has 114 valence electrons. The molecule has 0 aliphatic carbocycles. The van der Waals surface area contributed by atoms with E-state index in [-0.39, 0.29) is 5.91 Å². The molecule has 2 aromatic carbocycles. The van der Waals surface area contributed by atoms with Crippen LogP contribution in [0.4, 0.5) is 11.4 Å². The number of ether oxygens (including phenoxy) is 1. The third-order valence-electron chi connectivity index (χ3n) is 3.09. The fourth-order valence-electron chi connectivity index (χ4n) is 1.87. The monoisotopic (exact) mass is 296 g/mol. The van der Waals surface area contributed by atoms with E-state index in [9.17, 15) is 4.79 Å². The number of hydrogen-bond donors (Lipinski definition) is 2. The van der Waals surface area contributed by atoms with Crippen molar-refractivity contribution in [3.8, 4) is 5.75 Å². The van der Waals surface area contributed by atoms with Gasteiger partial charge in [-0.25, -0.2) is 0 Å². The first-order chi connectivity index (χ1) is 10.6. The summed E-state index contributed by atoms with van der Waals surface area (Å²) in [5, 5.41) is 6.08. The Bertz CT molecular complexity index is 646. The molecule has 1 amide bonds. The number of carbonyl (C=O) groups excluding carboxylic acids is 1. The molecule has 0 aromatic heterocycles. The number of benzene rings is 2. The molecule has 22 heavy (non-hydrogen) atoms. The van der Waals surface area contributed by atoms with Crippen molar-refractivity contribution in [1.29, 1.82) is 0 Å². The van der Waals surface area contributed by atoms with Gasteiger partial charge in [-0.3, -0.25) is 4.79 Å². The van der Waals surface area contributed by atoms with Gasteiger partial charge in [-0.05, 0) is 55.5 Å². The highest BCUT2D eigenvalue weighted by molar-refractivity contribution is 6.04. The van der Waals surface area contributed by atoms with Gasteiger partial charge in [-0.15, -0.1) is 0 Å². The fourth-order valence-corrected chi connectivity index (χ4v) is 1.87. The second kappa shape index (κ2) is 7.31. The van der Waals surface area contributed by atoms with Gasteiger partial charge in [-0.2, -0.15) is 0 Å². The smallest absolute Gasteiger partial charge is 0.255 e. The Kier molecular flexibility index (Phi) is 5.20. The Morgan fingerprint density at radius 2 is 1.64 bits per heavy atom. The molecule has 0 radical (unpaired) electrons. The number of carbonyl (C=O) groups is 1. The molecule has 0 aliphatic heterocycles. The molecule has 0 bridgehead atoms. The molecule has 0 aliphatic rings. The van der Waals surface area contributed by atoms with Crippen LogP contribution in [0, 0.1) is 0 Å². The van der Waals surface area contributed by atoms with Gasteiger partial charge in [0.2, 0.25) is 0 Å². The second-order valence-electron chi connectivity index (χ2n) is 5.07. The van der Waals surface area contributed by atoms with Crippen molar-refractivity contribution in [3.05, 3.63) is 66.2 Å². The van der Waals surface area contributed by atoms with Gasteiger partial charge < -0.3 is 15.4 Å². The highest BCUT2D eigenvalue weighted by Gasteiger charge is 2.06. The number of anilines is 2. The van der Waals surface area contributed by atoms with Gasteiger partial charge in [0.15, 0.2) is 0 Å². The van der Waals surface area contributed by atoms with Crippen LogP contribution >= 0.6 is 0 Å². The Morgan fingerprint density at radius 3 is 2.18 bits per heavy atom. The number of nitrogens with one attached hydrogen (secondary N) is 2. The maximum absolute atomic E-state index is 12.2. The van der Waals surface area contributed by atoms with Crippen molar-refractivity contribution < 1.29 is 9.53 Å². The van der Waals surface area contributed by atoms with Crippen LogP contribution in [0.25, 0.3) is 0 Å². The Morgan fingerprint density at radius 1 is 1.05 bits per heavy atom. The SMILES string of the molecule is C=C(C)CNc1ccc(C(=O)Nc2ccc(OC)cc2)cc1. The summed E-state index contributed by atoms with van der Waals surface area (Å²) < 4.78 is 5.09. The van der Waals surface area contributed by atoms with Gasteiger partial charge >= 0.3 is 0 Å². The third-order valence-corrected chi connectivity index (χ3v) is 3.09. The lowest BCUT2D eigenvalue weighted by atomic mass is 10.2. The van der Waals surface area contributed by atoms with E-state index < -0.39 is 0 Å². The molecule has 0 spiro atoms. The molecule has 4 nitrogen and oxygen atoms in total. The van der Waals surface area contributed by atoms with Crippen LogP contribution in [0.1, 0.15) is 17.3 Å². The average Bonchev–Trinajstić information content (AvgIpc) is 2.54. The number of hydrogen-bond acceptors (Lipinski definition) is 3. The number of amides is 1. The zero-order chi connectivity index (χ0) is 15.9. The van der Waals surface area contributed by atoms with E-state index in [0.717, 1.165) is 29.2 Å². The van der Waals surface area contributed by atoms with Crippen molar-refractivity contribution in [3.63, 3.8) is 0 Å². The zero-order valence-electron chi connectivity index (χ0n) is 12.8. The minimum absolute atomic E-state index is 0.142. The van der Waals surface area contributed by atoms with E-state index in [4.69, 9.17) is 4.74 Å². The first-order valence-electron chi connectivity index (χ1n) is 7.02. The normalized spacial score (nSPS) is 9.91. The molecule has 2 N–H and O–H groups in total. The predicted molar refractivity (Wildman–Crippen MR) is 90.7 cm³/mol. The minimum Gasteiger partial charge on any atom is -0.497 e. The van der Waals surface area contributed by atoms with Gasteiger partial charge in [-0.1, -0.05) is 12.2 Å². The highest BCUT2D eigenvalue weighted by Crippen LogP contribution is 2.16. The van der Waals surface area contributed by atoms with E-state index >= 15 is 0 Å². The summed E-state index contributed by atoms with van der Waals surface area (Å²) in [5.74, 6) is 0.613. The van der Waals surface area contributed by atoms with Gasteiger partial charge in [0, 0.05) is 23.5 Å². The summed E-state index contributed by atoms with van der Waals surface area (Å²) in [5.41, 5.74) is 3.36. The molecule has 2 aromatic rings. The molecule has 2 rings (SSSR count). The molecule has 0 fully saturated rings. The lowest BCUT2D eigenvalue weighted by molar-refractivity contribution is 0.102. The van der Waals surface area contributed by atoms with Crippen LogP contribution in [0.15, 0.2) is 60.7 Å². The molecule has 0 atom stereocenters. The third kappa shape index (κ3) is 4.38. The molecule has 0 saturated heterocycles. The lowest BCUT2D eigenvalue weighted by Crippen LogP contribution is -2.12. The maximum atomic E-state index is 12.2. The van der Waals surface area contributed by atoms with Crippen LogP contribution in [-0.4, -0.2) is 19.6 Å². The van der Waals surface area contributed by atoms with Gasteiger partial charge in [0.05, 0.1) is 7.11 Å². The lowest BCUT2D eigenvalue weighted by Gasteiger charge is -2.08. The summed E-state index contributed by atoms with van der Waals surface area (Å²) in [6, 6.07) is 14.6. The summed E-state index contributed by atoms with van der Waals surface area (Å²) in [6.07, 6.45) is 0. The van der Waals surface area contributed by atoms with E-state index in [0.29, 0.717) is 5.56 Å². The second-order valence-corrected chi connectivity index (χ2v) is 5.07. The maximum Gasteiger partial charge on any atom is 0.255 e. The van der Waals surface area contributed by atoms with E-state index in [2.05, 4.69) is 17.2 Å². The summed E-state index contributed by atoms with van der Waals surface area (Å²) in [6.45, 7) is 6.52. The first kappa shape index (κ1) is 15.6. The predicted octanol–water partition coefficient (Wildman–Crippen LogP) is 3.94. The molecule has 0 saturated carbocycles. The summed E-state index contributed by atoms with van der Waals surface area (Å²) in [7, 11) is 1.61. The highest BCUT2D eigenvalue weighted by atomic mass is 16.5. The Labute approximate surface area is 130 Å². The Hall–Kier alpha value is -2.75. The average molecular weight is 296 g/mol. The topological polar surface area (TPSA) is 50.4 Å². The molecule has 0 heterocycles. The summed E-state index contributed by atoms with van der Waals surface area (Å²) in [4.78, 5) is 12.2. The number of rotatable bonds is 6. The fraction of sp³-hybridized carbons (Fsp3) is 0.167. The van der Waals surface area contributed by atoms with E-state index in [1.807, 2.05) is 19.1 Å². The van der Waals surface area contributed by atoms with Crippen molar-refractivity contribution in [2.75, 3.05) is 24.3 Å². The largest absolute Gasteiger partial charge is 0.497 e. The van der Waals surface area contributed by atoms with Crippen LogP contribution in [0.5, 0.6) is 5.75 Å². The van der Waals surface area contributed by atoms with Crippen molar-refractivity contribution in [2.24, 2.45) is 0 Å². The first-order valence-corrected chi connectivity index (χ1v) is 7.02. The summed E-state index contributed by atoms with van der Waals surface area (Å²) >= 11 is 0. The molecular weight excluding hydrogens is 276 g/mol. The molecular formula is C18H20N2O2. The molecule has 0 unspecified atom stereocenters. The number of methoxy groups -OCH3 is 1. The van der Waals surface area contributed by atoms with Gasteiger partial charge in [0.25, 0.3) is 5.91 Å². The standard InChI is InChI=1S/C18H20N2O2/c1-13(2)12-19-15-6-4-14(5-7-15)18(21)20-16-8-10-17(22-3)11-9-16/h4-11,19H,1,12H2,2-3H3,(H,20,21). The van der Waals surface area contributed by atoms with Crippen LogP contribution in [0.2, 0.25) is 0 Å². The minimum atomic E-state index is -0.142. The van der Waals surface area contributed by atoms with Gasteiger partial charge in [0.1, 0.15) is 5.75 Å². The van der Waals surface area contributed by atoms with E-state index in [1.54, 1.807) is 43.5 Å². The van der Waals surface area contributed by atoms with Crippen molar-refractivity contribution in [2.45, 2.75) is 6.92 Å². The zero-order valence-corrected chi connectivity index (χ0v) is 12.8. The van der Waals surface area contributed by atoms with Crippen LogP contribution in [0.3, 0.4) is 0 Å².